The van der Waals surface area contributed by atoms with Gasteiger partial charge in [-0.3, -0.25) is 4.79 Å². The van der Waals surface area contributed by atoms with E-state index < -0.39 is 6.10 Å². The van der Waals surface area contributed by atoms with E-state index in [1.165, 1.54) is 12.1 Å². The Morgan fingerprint density at radius 2 is 1.92 bits per heavy atom. The van der Waals surface area contributed by atoms with Crippen molar-refractivity contribution in [3.05, 3.63) is 65.5 Å². The molecule has 0 spiro atoms. The van der Waals surface area contributed by atoms with E-state index in [2.05, 4.69) is 5.32 Å². The minimum absolute atomic E-state index is 0.0750. The molecule has 0 saturated carbocycles. The lowest BCUT2D eigenvalue weighted by molar-refractivity contribution is -0.120. The Hall–Kier alpha value is -2.40. The van der Waals surface area contributed by atoms with Crippen molar-refractivity contribution in [2.45, 2.75) is 32.5 Å². The normalized spacial score (nSPS) is 12.0. The summed E-state index contributed by atoms with van der Waals surface area (Å²) in [7, 11) is 0. The van der Waals surface area contributed by atoms with Crippen molar-refractivity contribution in [2.24, 2.45) is 0 Å². The number of ether oxygens (including phenoxy) is 1. The van der Waals surface area contributed by atoms with Gasteiger partial charge in [-0.1, -0.05) is 24.3 Å². The van der Waals surface area contributed by atoms with E-state index in [0.717, 1.165) is 5.75 Å². The lowest BCUT2D eigenvalue weighted by Crippen LogP contribution is -2.29. The van der Waals surface area contributed by atoms with Crippen LogP contribution in [0.25, 0.3) is 0 Å². The second-order valence-corrected chi connectivity index (χ2v) is 5.86. The number of aliphatic hydroxyl groups excluding tert-OH is 1. The van der Waals surface area contributed by atoms with Gasteiger partial charge in [0.25, 0.3) is 0 Å². The molecular weight excluding hydrogens is 309 g/mol. The Balaban J connectivity index is 1.83. The fraction of sp³-hybridized carbons (Fsp3) is 0.316. The number of hydrogen-bond donors (Lipinski definition) is 2. The Kier molecular flexibility index (Phi) is 6.32. The van der Waals surface area contributed by atoms with Crippen LogP contribution in [0.3, 0.4) is 0 Å². The largest absolute Gasteiger partial charge is 0.491 e. The molecule has 0 aliphatic rings. The van der Waals surface area contributed by atoms with Gasteiger partial charge in [-0.2, -0.15) is 0 Å². The van der Waals surface area contributed by atoms with Crippen LogP contribution in [0.2, 0.25) is 0 Å². The molecule has 128 valence electrons. The highest BCUT2D eigenvalue weighted by Crippen LogP contribution is 2.18. The molecule has 0 fully saturated rings. The van der Waals surface area contributed by atoms with E-state index in [-0.39, 0.29) is 30.8 Å². The first kappa shape index (κ1) is 17.9. The van der Waals surface area contributed by atoms with Gasteiger partial charge in [0, 0.05) is 6.54 Å². The van der Waals surface area contributed by atoms with Gasteiger partial charge < -0.3 is 15.2 Å². The van der Waals surface area contributed by atoms with Gasteiger partial charge in [-0.15, -0.1) is 0 Å². The molecule has 0 bridgehead atoms. The smallest absolute Gasteiger partial charge is 0.224 e. The fourth-order valence-electron chi connectivity index (χ4n) is 2.26. The summed E-state index contributed by atoms with van der Waals surface area (Å²) in [6.07, 6.45) is -0.650. The molecule has 0 aliphatic heterocycles. The van der Waals surface area contributed by atoms with Gasteiger partial charge in [0.2, 0.25) is 5.91 Å². The summed E-state index contributed by atoms with van der Waals surface area (Å²) in [5, 5.41) is 12.8. The summed E-state index contributed by atoms with van der Waals surface area (Å²) in [5.74, 6) is 0.0968. The first-order chi connectivity index (χ1) is 11.4. The maximum absolute atomic E-state index is 13.1. The van der Waals surface area contributed by atoms with Crippen LogP contribution in [-0.4, -0.2) is 23.7 Å². The summed E-state index contributed by atoms with van der Waals surface area (Å²) in [6.45, 7) is 3.98. The number of nitrogens with one attached hydrogen (secondary N) is 1. The molecule has 24 heavy (non-hydrogen) atoms. The lowest BCUT2D eigenvalue weighted by atomic mass is 10.1. The van der Waals surface area contributed by atoms with Gasteiger partial charge in [-0.05, 0) is 49.2 Å². The van der Waals surface area contributed by atoms with Crippen molar-refractivity contribution < 1.29 is 19.0 Å². The van der Waals surface area contributed by atoms with Crippen LogP contribution in [0.4, 0.5) is 4.39 Å². The zero-order valence-electron chi connectivity index (χ0n) is 13.8. The van der Waals surface area contributed by atoms with Crippen molar-refractivity contribution in [3.63, 3.8) is 0 Å². The van der Waals surface area contributed by atoms with Gasteiger partial charge in [0.15, 0.2) is 0 Å². The summed E-state index contributed by atoms with van der Waals surface area (Å²) < 4.78 is 18.6. The number of benzene rings is 2. The van der Waals surface area contributed by atoms with Crippen molar-refractivity contribution in [3.8, 4) is 5.75 Å². The quantitative estimate of drug-likeness (QED) is 0.820. The zero-order chi connectivity index (χ0) is 17.5. The average molecular weight is 331 g/mol. The number of carbonyl (C=O) groups excluding carboxylic acids is 1. The molecule has 0 aromatic heterocycles. The number of aliphatic hydroxyl groups is 1. The summed E-state index contributed by atoms with van der Waals surface area (Å²) in [4.78, 5) is 11.9. The second kappa shape index (κ2) is 8.45. The third kappa shape index (κ3) is 5.66. The van der Waals surface area contributed by atoms with Gasteiger partial charge in [-0.25, -0.2) is 4.39 Å². The van der Waals surface area contributed by atoms with Gasteiger partial charge >= 0.3 is 0 Å². The highest BCUT2D eigenvalue weighted by atomic mass is 19.1. The Labute approximate surface area is 141 Å². The molecule has 2 aromatic rings. The Morgan fingerprint density at radius 1 is 1.21 bits per heavy atom. The van der Waals surface area contributed by atoms with E-state index in [1.54, 1.807) is 36.4 Å². The van der Waals surface area contributed by atoms with E-state index >= 15 is 0 Å². The number of carbonyl (C=O) groups is 1. The first-order valence-electron chi connectivity index (χ1n) is 7.90. The molecule has 0 heterocycles. The highest BCUT2D eigenvalue weighted by molar-refractivity contribution is 5.78. The molecular formula is C19H22FNO3. The zero-order valence-corrected chi connectivity index (χ0v) is 13.8. The number of amides is 1. The molecule has 1 atom stereocenters. The van der Waals surface area contributed by atoms with Crippen LogP contribution in [0, 0.1) is 5.82 Å². The SMILES string of the molecule is CC(C)Oc1ccc(C(O)CNC(=O)Cc2cccc(F)c2)cc1. The standard InChI is InChI=1S/C19H22FNO3/c1-13(2)24-17-8-6-15(7-9-17)18(22)12-21-19(23)11-14-4-3-5-16(20)10-14/h3-10,13,18,22H,11-12H2,1-2H3,(H,21,23). The number of halogens is 1. The fourth-order valence-corrected chi connectivity index (χ4v) is 2.26. The van der Waals surface area contributed by atoms with Crippen molar-refractivity contribution in [1.29, 1.82) is 0 Å². The number of hydrogen-bond acceptors (Lipinski definition) is 3. The lowest BCUT2D eigenvalue weighted by Gasteiger charge is -2.14. The monoisotopic (exact) mass is 331 g/mol. The number of rotatable bonds is 7. The molecule has 5 heteroatoms. The van der Waals surface area contributed by atoms with E-state index in [0.29, 0.717) is 11.1 Å². The molecule has 4 nitrogen and oxygen atoms in total. The minimum atomic E-state index is -0.811. The van der Waals surface area contributed by atoms with E-state index in [4.69, 9.17) is 4.74 Å². The molecule has 0 saturated heterocycles. The molecule has 2 rings (SSSR count). The third-order valence-corrected chi connectivity index (χ3v) is 3.38. The van der Waals surface area contributed by atoms with Crippen LogP contribution in [-0.2, 0) is 11.2 Å². The van der Waals surface area contributed by atoms with Crippen LogP contribution in [0.15, 0.2) is 48.5 Å². The van der Waals surface area contributed by atoms with E-state index in [1.807, 2.05) is 13.8 Å². The average Bonchev–Trinajstić information content (AvgIpc) is 2.53. The predicted molar refractivity (Wildman–Crippen MR) is 90.3 cm³/mol. The van der Waals surface area contributed by atoms with Crippen LogP contribution in [0.1, 0.15) is 31.1 Å². The summed E-state index contributed by atoms with van der Waals surface area (Å²) >= 11 is 0. The second-order valence-electron chi connectivity index (χ2n) is 5.86. The first-order valence-corrected chi connectivity index (χ1v) is 7.90. The van der Waals surface area contributed by atoms with Crippen LogP contribution in [0.5, 0.6) is 5.75 Å². The molecule has 1 unspecified atom stereocenters. The minimum Gasteiger partial charge on any atom is -0.491 e. The Bertz CT molecular complexity index is 671. The molecule has 2 N–H and O–H groups in total. The maximum atomic E-state index is 13.1. The summed E-state index contributed by atoms with van der Waals surface area (Å²) in [5.41, 5.74) is 1.29. The van der Waals surface area contributed by atoms with Gasteiger partial charge in [0.05, 0.1) is 18.6 Å². The van der Waals surface area contributed by atoms with Crippen molar-refractivity contribution in [2.75, 3.05) is 6.54 Å². The van der Waals surface area contributed by atoms with Crippen molar-refractivity contribution >= 4 is 5.91 Å². The Morgan fingerprint density at radius 3 is 2.54 bits per heavy atom. The van der Waals surface area contributed by atoms with E-state index in [9.17, 15) is 14.3 Å². The van der Waals surface area contributed by atoms with Crippen LogP contribution < -0.4 is 10.1 Å². The predicted octanol–water partition coefficient (Wildman–Crippen LogP) is 3.01. The molecule has 2 aromatic carbocycles. The topological polar surface area (TPSA) is 58.6 Å². The molecule has 1 amide bonds. The summed E-state index contributed by atoms with van der Waals surface area (Å²) in [6, 6.07) is 13.0. The van der Waals surface area contributed by atoms with Crippen molar-refractivity contribution in [1.82, 2.24) is 5.32 Å². The molecule has 0 aliphatic carbocycles. The molecule has 0 radical (unpaired) electrons. The third-order valence-electron chi connectivity index (χ3n) is 3.38. The highest BCUT2D eigenvalue weighted by Gasteiger charge is 2.11. The van der Waals surface area contributed by atoms with Gasteiger partial charge in [0.1, 0.15) is 11.6 Å². The van der Waals surface area contributed by atoms with Crippen LogP contribution >= 0.6 is 0 Å². The maximum Gasteiger partial charge on any atom is 0.224 e.